The predicted octanol–water partition coefficient (Wildman–Crippen LogP) is 1.06. The molecule has 0 aromatic heterocycles. The highest BCUT2D eigenvalue weighted by Crippen LogP contribution is 2.09. The maximum absolute atomic E-state index is 11.3. The van der Waals surface area contributed by atoms with Crippen LogP contribution in [0.5, 0.6) is 0 Å². The minimum Gasteiger partial charge on any atom is -0.379 e. The molecule has 0 bridgehead atoms. The number of likely N-dealkylation sites (N-methyl/N-ethyl adjacent to an activating group) is 1. The molecule has 0 saturated heterocycles. The number of nitrogens with two attached hydrogens (primary N) is 1. The lowest BCUT2D eigenvalue weighted by Gasteiger charge is -2.27. The molecule has 108 valence electrons. The summed E-state index contributed by atoms with van der Waals surface area (Å²) >= 11 is 0. The summed E-state index contributed by atoms with van der Waals surface area (Å²) in [6.45, 7) is 12.0. The van der Waals surface area contributed by atoms with Crippen LogP contribution in [0, 0.1) is 0 Å². The first-order valence-corrected chi connectivity index (χ1v) is 6.48. The molecule has 5 heteroatoms. The third kappa shape index (κ3) is 7.63. The molecule has 3 N–H and O–H groups in total. The molecule has 0 fully saturated rings. The van der Waals surface area contributed by atoms with E-state index in [4.69, 9.17) is 15.2 Å². The van der Waals surface area contributed by atoms with Crippen LogP contribution in [0.1, 0.15) is 41.0 Å². The van der Waals surface area contributed by atoms with Gasteiger partial charge in [0.25, 0.3) is 0 Å². The number of carbonyl (C=O) groups excluding carboxylic acids is 1. The Morgan fingerprint density at radius 1 is 1.17 bits per heavy atom. The molecule has 5 nitrogen and oxygen atoms in total. The molecule has 0 rings (SSSR count). The van der Waals surface area contributed by atoms with Crippen LogP contribution in [0.15, 0.2) is 0 Å². The fourth-order valence-electron chi connectivity index (χ4n) is 1.47. The van der Waals surface area contributed by atoms with E-state index in [1.165, 1.54) is 0 Å². The van der Waals surface area contributed by atoms with Crippen LogP contribution in [0.25, 0.3) is 0 Å². The van der Waals surface area contributed by atoms with Gasteiger partial charge in [-0.3, -0.25) is 4.79 Å². The minimum atomic E-state index is -0.695. The molecule has 0 saturated carbocycles. The second kappa shape index (κ2) is 7.71. The lowest BCUT2D eigenvalue weighted by Crippen LogP contribution is -2.53. The minimum absolute atomic E-state index is 0.144. The van der Waals surface area contributed by atoms with Crippen molar-refractivity contribution in [1.82, 2.24) is 5.32 Å². The van der Waals surface area contributed by atoms with E-state index in [1.54, 1.807) is 6.92 Å². The largest absolute Gasteiger partial charge is 0.379 e. The average molecular weight is 260 g/mol. The van der Waals surface area contributed by atoms with Crippen LogP contribution in [0.3, 0.4) is 0 Å². The van der Waals surface area contributed by atoms with Gasteiger partial charge >= 0.3 is 0 Å². The highest BCUT2D eigenvalue weighted by molar-refractivity contribution is 5.84. The Bertz CT molecular complexity index is 251. The fraction of sp³-hybridized carbons (Fsp3) is 0.923. The van der Waals surface area contributed by atoms with Crippen molar-refractivity contribution in [3.8, 4) is 0 Å². The van der Waals surface area contributed by atoms with Crippen molar-refractivity contribution >= 4 is 5.91 Å². The molecule has 1 amide bonds. The zero-order chi connectivity index (χ0) is 14.2. The normalized spacial score (nSPS) is 15.4. The van der Waals surface area contributed by atoms with Gasteiger partial charge in [0.1, 0.15) is 0 Å². The van der Waals surface area contributed by atoms with Crippen molar-refractivity contribution in [1.29, 1.82) is 0 Å². The Morgan fingerprint density at radius 2 is 1.78 bits per heavy atom. The molecule has 0 aliphatic carbocycles. The molecule has 0 spiro atoms. The van der Waals surface area contributed by atoms with Crippen LogP contribution in [0.2, 0.25) is 0 Å². The van der Waals surface area contributed by atoms with Crippen molar-refractivity contribution in [3.63, 3.8) is 0 Å². The van der Waals surface area contributed by atoms with Gasteiger partial charge in [0, 0.05) is 6.61 Å². The maximum atomic E-state index is 11.3. The molecule has 1 atom stereocenters. The second-order valence-corrected chi connectivity index (χ2v) is 5.55. The van der Waals surface area contributed by atoms with Gasteiger partial charge in [-0.25, -0.2) is 0 Å². The standard InChI is InChI=1S/C13H28N2O3/c1-6-15-13(5,11(14)16)7-8-17-9-10-18-12(2,3)4/h15H,6-10H2,1-5H3,(H2,14,16). The first-order valence-electron chi connectivity index (χ1n) is 6.48. The zero-order valence-electron chi connectivity index (χ0n) is 12.3. The number of primary amides is 1. The molecule has 0 aliphatic rings. The summed E-state index contributed by atoms with van der Waals surface area (Å²) in [5.74, 6) is -0.348. The quantitative estimate of drug-likeness (QED) is 0.608. The SMILES string of the molecule is CCNC(C)(CCOCCOC(C)(C)C)C(N)=O. The van der Waals surface area contributed by atoms with Crippen LogP contribution in [0.4, 0.5) is 0 Å². The van der Waals surface area contributed by atoms with E-state index < -0.39 is 5.54 Å². The molecular weight excluding hydrogens is 232 g/mol. The molecule has 18 heavy (non-hydrogen) atoms. The second-order valence-electron chi connectivity index (χ2n) is 5.55. The van der Waals surface area contributed by atoms with E-state index in [1.807, 2.05) is 27.7 Å². The summed E-state index contributed by atoms with van der Waals surface area (Å²) in [7, 11) is 0. The molecule has 0 aliphatic heterocycles. The summed E-state index contributed by atoms with van der Waals surface area (Å²) in [5, 5.41) is 3.09. The lowest BCUT2D eigenvalue weighted by atomic mass is 9.97. The van der Waals surface area contributed by atoms with Gasteiger partial charge in [-0.2, -0.15) is 0 Å². The number of amides is 1. The van der Waals surface area contributed by atoms with E-state index in [9.17, 15) is 4.79 Å². The Balaban J connectivity index is 3.78. The molecule has 0 aromatic rings. The van der Waals surface area contributed by atoms with Crippen LogP contribution < -0.4 is 11.1 Å². The fourth-order valence-corrected chi connectivity index (χ4v) is 1.47. The highest BCUT2D eigenvalue weighted by atomic mass is 16.5. The van der Waals surface area contributed by atoms with Crippen LogP contribution in [-0.4, -0.2) is 43.4 Å². The van der Waals surface area contributed by atoms with E-state index in [2.05, 4.69) is 5.32 Å². The number of hydrogen-bond acceptors (Lipinski definition) is 4. The number of hydrogen-bond donors (Lipinski definition) is 2. The van der Waals surface area contributed by atoms with Crippen molar-refractivity contribution in [2.75, 3.05) is 26.4 Å². The van der Waals surface area contributed by atoms with Crippen molar-refractivity contribution < 1.29 is 14.3 Å². The van der Waals surface area contributed by atoms with Gasteiger partial charge in [0.15, 0.2) is 0 Å². The summed E-state index contributed by atoms with van der Waals surface area (Å²) in [5.41, 5.74) is 4.53. The van der Waals surface area contributed by atoms with Gasteiger partial charge in [-0.15, -0.1) is 0 Å². The Labute approximate surface area is 110 Å². The molecule has 0 heterocycles. The van der Waals surface area contributed by atoms with Crippen LogP contribution >= 0.6 is 0 Å². The molecule has 1 unspecified atom stereocenters. The third-order valence-corrected chi connectivity index (χ3v) is 2.62. The van der Waals surface area contributed by atoms with Crippen molar-refractivity contribution in [3.05, 3.63) is 0 Å². The van der Waals surface area contributed by atoms with Gasteiger partial charge in [-0.1, -0.05) is 6.92 Å². The number of nitrogens with one attached hydrogen (secondary N) is 1. The summed E-state index contributed by atoms with van der Waals surface area (Å²) in [6.07, 6.45) is 0.561. The Morgan fingerprint density at radius 3 is 2.22 bits per heavy atom. The number of carbonyl (C=O) groups is 1. The molecule has 0 radical (unpaired) electrons. The molecule has 0 aromatic carbocycles. The summed E-state index contributed by atoms with van der Waals surface area (Å²) in [4.78, 5) is 11.3. The first-order chi connectivity index (χ1) is 8.21. The molecular formula is C13H28N2O3. The number of ether oxygens (including phenoxy) is 2. The Kier molecular flexibility index (Phi) is 7.43. The zero-order valence-corrected chi connectivity index (χ0v) is 12.3. The lowest BCUT2D eigenvalue weighted by molar-refractivity contribution is -0.124. The van der Waals surface area contributed by atoms with E-state index in [0.717, 1.165) is 0 Å². The van der Waals surface area contributed by atoms with Crippen molar-refractivity contribution in [2.45, 2.75) is 52.2 Å². The average Bonchev–Trinajstić information content (AvgIpc) is 2.22. The van der Waals surface area contributed by atoms with Gasteiger partial charge < -0.3 is 20.5 Å². The van der Waals surface area contributed by atoms with E-state index in [-0.39, 0.29) is 11.5 Å². The maximum Gasteiger partial charge on any atom is 0.237 e. The van der Waals surface area contributed by atoms with Crippen LogP contribution in [-0.2, 0) is 14.3 Å². The smallest absolute Gasteiger partial charge is 0.237 e. The van der Waals surface area contributed by atoms with Crippen molar-refractivity contribution in [2.24, 2.45) is 5.73 Å². The summed E-state index contributed by atoms with van der Waals surface area (Å²) in [6, 6.07) is 0. The van der Waals surface area contributed by atoms with Gasteiger partial charge in [0.05, 0.1) is 24.4 Å². The summed E-state index contributed by atoms with van der Waals surface area (Å²) < 4.78 is 11.0. The Hall–Kier alpha value is -0.650. The highest BCUT2D eigenvalue weighted by Gasteiger charge is 2.29. The number of rotatable bonds is 9. The predicted molar refractivity (Wildman–Crippen MR) is 72.4 cm³/mol. The van der Waals surface area contributed by atoms with E-state index >= 15 is 0 Å². The van der Waals surface area contributed by atoms with E-state index in [0.29, 0.717) is 32.8 Å². The topological polar surface area (TPSA) is 73.6 Å². The first kappa shape index (κ1) is 17.4. The monoisotopic (exact) mass is 260 g/mol. The van der Waals surface area contributed by atoms with Gasteiger partial charge in [-0.05, 0) is 40.7 Å². The third-order valence-electron chi connectivity index (χ3n) is 2.62. The van der Waals surface area contributed by atoms with Gasteiger partial charge in [0.2, 0.25) is 5.91 Å².